The number of sulfonamides is 1. The lowest BCUT2D eigenvalue weighted by molar-refractivity contribution is -0.118. The van der Waals surface area contributed by atoms with Gasteiger partial charge in [0.15, 0.2) is 0 Å². The van der Waals surface area contributed by atoms with Crippen molar-refractivity contribution in [3.05, 3.63) is 22.7 Å². The summed E-state index contributed by atoms with van der Waals surface area (Å²) in [5.41, 5.74) is 5.15. The third-order valence-corrected chi connectivity index (χ3v) is 5.39. The fourth-order valence-electron chi connectivity index (χ4n) is 1.90. The number of ether oxygens (including phenoxy) is 1. The summed E-state index contributed by atoms with van der Waals surface area (Å²) >= 11 is 3.24. The minimum Gasteiger partial charge on any atom is -0.495 e. The molecule has 1 aliphatic carbocycles. The number of carbonyl (C=O) groups excluding carboxylic acids is 1. The summed E-state index contributed by atoms with van der Waals surface area (Å²) < 4.78 is 32.3. The lowest BCUT2D eigenvalue weighted by Crippen LogP contribution is -2.40. The SMILES string of the molecule is COc1ccc(Br)cc1S(=O)(=O)N(CC(N)=O)C1CC1. The number of primary amides is 1. The average molecular weight is 363 g/mol. The van der Waals surface area contributed by atoms with Gasteiger partial charge in [-0.2, -0.15) is 4.31 Å². The van der Waals surface area contributed by atoms with Crippen molar-refractivity contribution in [1.29, 1.82) is 0 Å². The molecule has 2 N–H and O–H groups in total. The van der Waals surface area contributed by atoms with Crippen molar-refractivity contribution in [1.82, 2.24) is 4.31 Å². The molecular weight excluding hydrogens is 348 g/mol. The zero-order valence-electron chi connectivity index (χ0n) is 10.9. The molecule has 1 fully saturated rings. The van der Waals surface area contributed by atoms with Gasteiger partial charge in [0.2, 0.25) is 15.9 Å². The van der Waals surface area contributed by atoms with E-state index in [4.69, 9.17) is 10.5 Å². The Morgan fingerprint density at radius 2 is 2.15 bits per heavy atom. The number of nitrogens with zero attached hydrogens (tertiary/aromatic N) is 1. The number of hydrogen-bond donors (Lipinski definition) is 1. The zero-order chi connectivity index (χ0) is 14.9. The van der Waals surface area contributed by atoms with Gasteiger partial charge in [-0.25, -0.2) is 8.42 Å². The fourth-order valence-corrected chi connectivity index (χ4v) is 4.25. The highest BCUT2D eigenvalue weighted by atomic mass is 79.9. The van der Waals surface area contributed by atoms with E-state index in [-0.39, 0.29) is 23.2 Å². The minimum absolute atomic E-state index is 0.0301. The maximum atomic E-state index is 12.7. The standard InChI is InChI=1S/C12H15BrN2O4S/c1-19-10-5-2-8(13)6-11(10)20(17,18)15(7-12(14)16)9-3-4-9/h2,5-6,9H,3-4,7H2,1H3,(H2,14,16). The van der Waals surface area contributed by atoms with E-state index in [1.54, 1.807) is 12.1 Å². The summed E-state index contributed by atoms with van der Waals surface area (Å²) in [7, 11) is -2.42. The predicted octanol–water partition coefficient (Wildman–Crippen LogP) is 1.10. The number of nitrogens with two attached hydrogens (primary N) is 1. The second kappa shape index (κ2) is 5.71. The maximum Gasteiger partial charge on any atom is 0.247 e. The van der Waals surface area contributed by atoms with Gasteiger partial charge in [0.25, 0.3) is 0 Å². The Morgan fingerprint density at radius 1 is 1.50 bits per heavy atom. The van der Waals surface area contributed by atoms with Crippen LogP contribution in [-0.4, -0.2) is 38.3 Å². The summed E-state index contributed by atoms with van der Waals surface area (Å²) in [6, 6.07) is 4.56. The highest BCUT2D eigenvalue weighted by molar-refractivity contribution is 9.10. The van der Waals surface area contributed by atoms with E-state index in [0.717, 1.165) is 17.1 Å². The van der Waals surface area contributed by atoms with Gasteiger partial charge in [0.05, 0.1) is 13.7 Å². The smallest absolute Gasteiger partial charge is 0.247 e. The summed E-state index contributed by atoms with van der Waals surface area (Å²) in [6.07, 6.45) is 1.48. The van der Waals surface area contributed by atoms with Crippen LogP contribution in [0.1, 0.15) is 12.8 Å². The normalized spacial score (nSPS) is 15.3. The number of methoxy groups -OCH3 is 1. The predicted molar refractivity (Wildman–Crippen MR) is 76.8 cm³/mol. The Bertz CT molecular complexity index is 628. The van der Waals surface area contributed by atoms with E-state index in [1.165, 1.54) is 13.2 Å². The molecule has 1 amide bonds. The number of halogens is 1. The molecule has 0 radical (unpaired) electrons. The molecule has 0 heterocycles. The molecule has 0 aromatic heterocycles. The average Bonchev–Trinajstić information content (AvgIpc) is 3.19. The molecule has 0 bridgehead atoms. The van der Waals surface area contributed by atoms with Crippen LogP contribution >= 0.6 is 15.9 Å². The van der Waals surface area contributed by atoms with Gasteiger partial charge in [-0.1, -0.05) is 15.9 Å². The molecule has 2 rings (SSSR count). The molecule has 1 aliphatic rings. The van der Waals surface area contributed by atoms with Crippen LogP contribution in [0.4, 0.5) is 0 Å². The van der Waals surface area contributed by atoms with Crippen LogP contribution in [0, 0.1) is 0 Å². The summed E-state index contributed by atoms with van der Waals surface area (Å²) in [4.78, 5) is 11.1. The first-order valence-corrected chi connectivity index (χ1v) is 8.23. The quantitative estimate of drug-likeness (QED) is 0.820. The Balaban J connectivity index is 2.47. The first kappa shape index (κ1) is 15.3. The van der Waals surface area contributed by atoms with E-state index >= 15 is 0 Å². The number of hydrogen-bond acceptors (Lipinski definition) is 4. The first-order chi connectivity index (χ1) is 9.36. The van der Waals surface area contributed by atoms with Gasteiger partial charge in [0, 0.05) is 10.5 Å². The van der Waals surface area contributed by atoms with Gasteiger partial charge in [-0.15, -0.1) is 0 Å². The van der Waals surface area contributed by atoms with Crippen molar-refractivity contribution >= 4 is 31.9 Å². The third kappa shape index (κ3) is 3.13. The molecule has 0 saturated heterocycles. The lowest BCUT2D eigenvalue weighted by Gasteiger charge is -2.21. The summed E-state index contributed by atoms with van der Waals surface area (Å²) in [6.45, 7) is -0.317. The van der Waals surface area contributed by atoms with E-state index in [0.29, 0.717) is 4.47 Å². The van der Waals surface area contributed by atoms with Crippen LogP contribution in [0.5, 0.6) is 5.75 Å². The Hall–Kier alpha value is -1.12. The van der Waals surface area contributed by atoms with Crippen molar-refractivity contribution in [2.24, 2.45) is 5.73 Å². The molecule has 0 unspecified atom stereocenters. The van der Waals surface area contributed by atoms with Gasteiger partial charge >= 0.3 is 0 Å². The second-order valence-corrected chi connectivity index (χ2v) is 7.32. The van der Waals surface area contributed by atoms with Crippen LogP contribution in [0.15, 0.2) is 27.6 Å². The first-order valence-electron chi connectivity index (χ1n) is 6.00. The number of amides is 1. The van der Waals surface area contributed by atoms with E-state index < -0.39 is 15.9 Å². The number of rotatable bonds is 6. The maximum absolute atomic E-state index is 12.7. The Morgan fingerprint density at radius 3 is 2.65 bits per heavy atom. The number of benzene rings is 1. The van der Waals surface area contributed by atoms with Gasteiger partial charge in [-0.3, -0.25) is 4.79 Å². The highest BCUT2D eigenvalue weighted by Crippen LogP contribution is 2.35. The molecule has 6 nitrogen and oxygen atoms in total. The largest absolute Gasteiger partial charge is 0.495 e. The fraction of sp³-hybridized carbons (Fsp3) is 0.417. The number of carbonyl (C=O) groups is 1. The van der Waals surface area contributed by atoms with E-state index in [1.807, 2.05) is 0 Å². The van der Waals surface area contributed by atoms with Crippen LogP contribution < -0.4 is 10.5 Å². The van der Waals surface area contributed by atoms with Crippen LogP contribution in [-0.2, 0) is 14.8 Å². The minimum atomic E-state index is -3.82. The summed E-state index contributed by atoms with van der Waals surface area (Å²) in [5.74, 6) is -0.433. The van der Waals surface area contributed by atoms with E-state index in [9.17, 15) is 13.2 Å². The molecule has 0 spiro atoms. The van der Waals surface area contributed by atoms with Gasteiger partial charge in [0.1, 0.15) is 10.6 Å². The molecule has 0 aliphatic heterocycles. The Kier molecular flexibility index (Phi) is 4.36. The second-order valence-electron chi connectivity index (χ2n) is 4.54. The molecule has 1 aromatic rings. The molecule has 0 atom stereocenters. The van der Waals surface area contributed by atoms with Crippen molar-refractivity contribution in [2.45, 2.75) is 23.8 Å². The van der Waals surface area contributed by atoms with Crippen molar-refractivity contribution in [3.63, 3.8) is 0 Å². The van der Waals surface area contributed by atoms with Gasteiger partial charge in [-0.05, 0) is 31.0 Å². The molecule has 110 valence electrons. The lowest BCUT2D eigenvalue weighted by atomic mass is 10.3. The molecule has 8 heteroatoms. The van der Waals surface area contributed by atoms with Crippen LogP contribution in [0.2, 0.25) is 0 Å². The van der Waals surface area contributed by atoms with Crippen molar-refractivity contribution in [3.8, 4) is 5.75 Å². The van der Waals surface area contributed by atoms with Crippen molar-refractivity contribution < 1.29 is 17.9 Å². The molecule has 1 aromatic carbocycles. The molecule has 20 heavy (non-hydrogen) atoms. The topological polar surface area (TPSA) is 89.7 Å². The van der Waals surface area contributed by atoms with Crippen LogP contribution in [0.25, 0.3) is 0 Å². The monoisotopic (exact) mass is 362 g/mol. The van der Waals surface area contributed by atoms with E-state index in [2.05, 4.69) is 15.9 Å². The highest BCUT2D eigenvalue weighted by Gasteiger charge is 2.40. The summed E-state index contributed by atoms with van der Waals surface area (Å²) in [5, 5.41) is 0. The van der Waals surface area contributed by atoms with Gasteiger partial charge < -0.3 is 10.5 Å². The molecular formula is C12H15BrN2O4S. The zero-order valence-corrected chi connectivity index (χ0v) is 13.3. The van der Waals surface area contributed by atoms with Crippen LogP contribution in [0.3, 0.4) is 0 Å². The Labute approximate surface area is 126 Å². The third-order valence-electron chi connectivity index (χ3n) is 2.98. The molecule has 1 saturated carbocycles. The van der Waals surface area contributed by atoms with Crippen molar-refractivity contribution in [2.75, 3.05) is 13.7 Å².